The lowest BCUT2D eigenvalue weighted by Gasteiger charge is -2.17. The molecule has 120 valence electrons. The molecular weight excluding hydrogens is 320 g/mol. The van der Waals surface area contributed by atoms with Crippen molar-refractivity contribution in [3.05, 3.63) is 42.5 Å². The van der Waals surface area contributed by atoms with E-state index in [2.05, 4.69) is 0 Å². The van der Waals surface area contributed by atoms with E-state index >= 15 is 0 Å². The van der Waals surface area contributed by atoms with Crippen molar-refractivity contribution in [2.24, 2.45) is 0 Å². The van der Waals surface area contributed by atoms with Gasteiger partial charge in [0.1, 0.15) is 18.0 Å². The molecule has 2 aromatic carbocycles. The zero-order valence-electron chi connectivity index (χ0n) is 12.2. The Morgan fingerprint density at radius 1 is 1.22 bits per heavy atom. The molecule has 1 aliphatic heterocycles. The molecule has 23 heavy (non-hydrogen) atoms. The van der Waals surface area contributed by atoms with E-state index in [0.29, 0.717) is 11.3 Å². The van der Waals surface area contributed by atoms with Crippen LogP contribution in [-0.4, -0.2) is 33.1 Å². The van der Waals surface area contributed by atoms with Crippen molar-refractivity contribution in [2.75, 3.05) is 18.0 Å². The summed E-state index contributed by atoms with van der Waals surface area (Å²) in [6.45, 7) is -0.370. The summed E-state index contributed by atoms with van der Waals surface area (Å²) in [6.07, 6.45) is 0. The lowest BCUT2D eigenvalue weighted by molar-refractivity contribution is -0.117. The molecule has 0 saturated carbocycles. The van der Waals surface area contributed by atoms with Gasteiger partial charge in [-0.05, 0) is 23.8 Å². The molecule has 1 aliphatic rings. The molecular formula is C15H14N2O5S. The first-order chi connectivity index (χ1) is 10.9. The van der Waals surface area contributed by atoms with Gasteiger partial charge in [-0.15, -0.1) is 0 Å². The van der Waals surface area contributed by atoms with Crippen LogP contribution < -0.4 is 13.8 Å². The maximum absolute atomic E-state index is 12.0. The second kappa shape index (κ2) is 5.47. The molecule has 0 aromatic heterocycles. The van der Waals surface area contributed by atoms with Crippen LogP contribution >= 0.6 is 0 Å². The van der Waals surface area contributed by atoms with Crippen LogP contribution in [0.1, 0.15) is 0 Å². The van der Waals surface area contributed by atoms with Crippen LogP contribution in [0.15, 0.2) is 42.5 Å². The van der Waals surface area contributed by atoms with Gasteiger partial charge < -0.3 is 9.84 Å². The van der Waals surface area contributed by atoms with E-state index in [-0.39, 0.29) is 18.0 Å². The third kappa shape index (κ3) is 2.68. The first-order valence-corrected chi connectivity index (χ1v) is 8.16. The van der Waals surface area contributed by atoms with Crippen molar-refractivity contribution in [3.63, 3.8) is 0 Å². The van der Waals surface area contributed by atoms with Crippen molar-refractivity contribution in [3.8, 4) is 22.6 Å². The largest absolute Gasteiger partial charge is 0.506 e. The predicted octanol–water partition coefficient (Wildman–Crippen LogP) is 1.25. The van der Waals surface area contributed by atoms with Crippen LogP contribution in [0, 0.1) is 0 Å². The summed E-state index contributed by atoms with van der Waals surface area (Å²) in [7, 11) is -2.45. The van der Waals surface area contributed by atoms with E-state index in [1.54, 1.807) is 12.1 Å². The fourth-order valence-corrected chi connectivity index (χ4v) is 3.59. The third-order valence-electron chi connectivity index (χ3n) is 3.48. The zero-order chi connectivity index (χ0) is 16.6. The molecule has 3 rings (SSSR count). The average molecular weight is 334 g/mol. The number of benzene rings is 2. The molecule has 1 fully saturated rings. The molecule has 0 radical (unpaired) electrons. The molecule has 0 aliphatic carbocycles. The Bertz CT molecular complexity index is 879. The van der Waals surface area contributed by atoms with Crippen LogP contribution in [0.3, 0.4) is 0 Å². The molecule has 1 saturated heterocycles. The van der Waals surface area contributed by atoms with Crippen molar-refractivity contribution in [2.45, 2.75) is 0 Å². The number of nitrogens with zero attached hydrogens (tertiary/aromatic N) is 1. The first kappa shape index (κ1) is 15.2. The molecule has 0 atom stereocenters. The number of carbonyl (C=O) groups is 1. The number of rotatable bonds is 3. The summed E-state index contributed by atoms with van der Waals surface area (Å²) < 4.78 is 31.9. The van der Waals surface area contributed by atoms with Gasteiger partial charge in [-0.3, -0.25) is 4.79 Å². The Morgan fingerprint density at radius 3 is 2.61 bits per heavy atom. The smallest absolute Gasteiger partial charge is 0.326 e. The summed E-state index contributed by atoms with van der Waals surface area (Å²) in [4.78, 5) is 11.4. The number of carbonyl (C=O) groups excluding carboxylic acids is 1. The van der Waals surface area contributed by atoms with Gasteiger partial charge >= 0.3 is 10.2 Å². The number of ether oxygens (including phenoxy) is 1. The second-order valence-electron chi connectivity index (χ2n) is 4.94. The van der Waals surface area contributed by atoms with E-state index in [4.69, 9.17) is 4.74 Å². The van der Waals surface area contributed by atoms with Gasteiger partial charge in [-0.25, -0.2) is 9.03 Å². The molecule has 0 unspecified atom stereocenters. The van der Waals surface area contributed by atoms with Crippen molar-refractivity contribution in [1.29, 1.82) is 0 Å². The highest BCUT2D eigenvalue weighted by Crippen LogP contribution is 2.37. The number of amides is 1. The molecule has 0 spiro atoms. The molecule has 2 N–H and O–H groups in total. The van der Waals surface area contributed by atoms with E-state index in [1.165, 1.54) is 19.2 Å². The van der Waals surface area contributed by atoms with Crippen LogP contribution in [0.2, 0.25) is 0 Å². The number of para-hydroxylation sites is 1. The molecule has 7 nitrogen and oxygen atoms in total. The van der Waals surface area contributed by atoms with Gasteiger partial charge in [0.15, 0.2) is 0 Å². The molecule has 1 heterocycles. The Labute approximate surface area is 133 Å². The van der Waals surface area contributed by atoms with Crippen LogP contribution in [0.25, 0.3) is 11.1 Å². The highest BCUT2D eigenvalue weighted by molar-refractivity contribution is 7.92. The molecule has 1 amide bonds. The molecule has 8 heteroatoms. The topological polar surface area (TPSA) is 95.9 Å². The quantitative estimate of drug-likeness (QED) is 0.881. The Hall–Kier alpha value is -2.74. The number of hydrogen-bond donors (Lipinski definition) is 2. The normalized spacial score (nSPS) is 16.2. The Kier molecular flexibility index (Phi) is 3.61. The van der Waals surface area contributed by atoms with E-state index < -0.39 is 16.1 Å². The van der Waals surface area contributed by atoms with Gasteiger partial charge in [-0.2, -0.15) is 8.42 Å². The van der Waals surface area contributed by atoms with Gasteiger partial charge in [0.05, 0.1) is 12.8 Å². The summed E-state index contributed by atoms with van der Waals surface area (Å²) >= 11 is 0. The predicted molar refractivity (Wildman–Crippen MR) is 84.5 cm³/mol. The van der Waals surface area contributed by atoms with Crippen molar-refractivity contribution in [1.82, 2.24) is 4.72 Å². The summed E-state index contributed by atoms with van der Waals surface area (Å²) in [5.74, 6) is -0.265. The maximum Gasteiger partial charge on any atom is 0.326 e. The van der Waals surface area contributed by atoms with Gasteiger partial charge in [0, 0.05) is 5.56 Å². The number of hydrogen-bond acceptors (Lipinski definition) is 5. The van der Waals surface area contributed by atoms with Gasteiger partial charge in [-0.1, -0.05) is 24.3 Å². The third-order valence-corrected chi connectivity index (χ3v) is 4.87. The van der Waals surface area contributed by atoms with Crippen LogP contribution in [-0.2, 0) is 15.0 Å². The number of phenols is 1. The number of phenolic OH excluding ortho intramolecular Hbond substituents is 1. The van der Waals surface area contributed by atoms with Crippen molar-refractivity contribution < 1.29 is 23.1 Å². The highest BCUT2D eigenvalue weighted by Gasteiger charge is 2.35. The SMILES string of the molecule is COc1ccccc1-c1ccc(O)c(N2CC(=O)NS2(=O)=O)c1. The minimum atomic E-state index is -3.98. The maximum atomic E-state index is 12.0. The Balaban J connectivity index is 2.12. The minimum Gasteiger partial charge on any atom is -0.506 e. The minimum absolute atomic E-state index is 0.0340. The Morgan fingerprint density at radius 2 is 1.96 bits per heavy atom. The summed E-state index contributed by atoms with van der Waals surface area (Å²) in [5.41, 5.74) is 1.43. The highest BCUT2D eigenvalue weighted by atomic mass is 32.2. The zero-order valence-corrected chi connectivity index (χ0v) is 13.0. The first-order valence-electron chi connectivity index (χ1n) is 6.72. The number of anilines is 1. The van der Waals surface area contributed by atoms with Crippen molar-refractivity contribution >= 4 is 21.8 Å². The standard InChI is InChI=1S/C15H14N2O5S/c1-22-14-5-3-2-4-11(14)10-6-7-13(18)12(8-10)17-9-15(19)16-23(17,20)21/h2-8,18H,9H2,1H3,(H,16,19). The lowest BCUT2D eigenvalue weighted by Crippen LogP contribution is -2.29. The number of nitrogens with one attached hydrogen (secondary N) is 1. The van der Waals surface area contributed by atoms with E-state index in [0.717, 1.165) is 9.87 Å². The molecule has 0 bridgehead atoms. The fourth-order valence-electron chi connectivity index (χ4n) is 2.44. The van der Waals surface area contributed by atoms with Gasteiger partial charge in [0.25, 0.3) is 5.91 Å². The average Bonchev–Trinajstić information content (AvgIpc) is 2.80. The second-order valence-corrected chi connectivity index (χ2v) is 6.54. The van der Waals surface area contributed by atoms with E-state index in [1.807, 2.05) is 22.9 Å². The number of aromatic hydroxyl groups is 1. The van der Waals surface area contributed by atoms with Crippen LogP contribution in [0.5, 0.6) is 11.5 Å². The van der Waals surface area contributed by atoms with Crippen LogP contribution in [0.4, 0.5) is 5.69 Å². The van der Waals surface area contributed by atoms with Gasteiger partial charge in [0.2, 0.25) is 0 Å². The fraction of sp³-hybridized carbons (Fsp3) is 0.133. The molecule has 2 aromatic rings. The summed E-state index contributed by atoms with van der Waals surface area (Å²) in [5, 5.41) is 10.0. The summed E-state index contributed by atoms with van der Waals surface area (Å²) in [6, 6.07) is 11.8. The lowest BCUT2D eigenvalue weighted by atomic mass is 10.0. The number of methoxy groups -OCH3 is 1. The monoisotopic (exact) mass is 334 g/mol. The van der Waals surface area contributed by atoms with E-state index in [9.17, 15) is 18.3 Å².